The zero-order chi connectivity index (χ0) is 22.6. The average Bonchev–Trinajstić information content (AvgIpc) is 3.27. The number of amides is 1. The smallest absolute Gasteiger partial charge is 0.246 e. The van der Waals surface area contributed by atoms with E-state index >= 15 is 0 Å². The average molecular weight is 426 g/mol. The number of carbonyl (C=O) groups excluding carboxylic acids is 1. The molecule has 0 aliphatic heterocycles. The quantitative estimate of drug-likeness (QED) is 0.393. The molecule has 0 aliphatic carbocycles. The van der Waals surface area contributed by atoms with Gasteiger partial charge in [0.05, 0.1) is 6.42 Å². The number of hydrogen-bond acceptors (Lipinski definition) is 4. The van der Waals surface area contributed by atoms with Gasteiger partial charge in [0.15, 0.2) is 0 Å². The summed E-state index contributed by atoms with van der Waals surface area (Å²) >= 11 is 0. The van der Waals surface area contributed by atoms with Crippen molar-refractivity contribution in [3.05, 3.63) is 96.4 Å². The second kappa shape index (κ2) is 9.18. The normalized spacial score (nSPS) is 11.3. The van der Waals surface area contributed by atoms with Crippen molar-refractivity contribution in [2.75, 3.05) is 0 Å². The molecule has 1 amide bonds. The van der Waals surface area contributed by atoms with Crippen LogP contribution < -0.4 is 0 Å². The van der Waals surface area contributed by atoms with E-state index in [-0.39, 0.29) is 18.0 Å². The summed E-state index contributed by atoms with van der Waals surface area (Å²) in [5, 5.41) is 4.08. The Morgan fingerprint density at radius 2 is 1.38 bits per heavy atom. The molecule has 162 valence electrons. The molecule has 0 radical (unpaired) electrons. The maximum atomic E-state index is 13.2. The lowest BCUT2D eigenvalue weighted by molar-refractivity contribution is -0.136. The molecule has 1 aromatic heterocycles. The van der Waals surface area contributed by atoms with Gasteiger partial charge in [0.25, 0.3) is 0 Å². The van der Waals surface area contributed by atoms with Crippen LogP contribution in [0.4, 0.5) is 0 Å². The van der Waals surface area contributed by atoms with Crippen molar-refractivity contribution in [3.63, 3.8) is 0 Å². The van der Waals surface area contributed by atoms with E-state index in [0.29, 0.717) is 18.1 Å². The molecule has 0 saturated carbocycles. The Morgan fingerprint density at radius 1 is 0.812 bits per heavy atom. The van der Waals surface area contributed by atoms with Crippen LogP contribution in [0.5, 0.6) is 0 Å². The molecule has 5 heteroatoms. The molecule has 3 aromatic carbocycles. The van der Waals surface area contributed by atoms with E-state index in [9.17, 15) is 4.79 Å². The van der Waals surface area contributed by atoms with E-state index in [1.807, 2.05) is 81.4 Å². The van der Waals surface area contributed by atoms with Gasteiger partial charge in [-0.25, -0.2) is 0 Å². The molecule has 0 N–H and O–H groups in total. The largest absolute Gasteiger partial charge is 0.337 e. The van der Waals surface area contributed by atoms with E-state index in [1.165, 1.54) is 0 Å². The first-order valence-electron chi connectivity index (χ1n) is 10.7. The summed E-state index contributed by atoms with van der Waals surface area (Å²) in [6, 6.07) is 28.0. The van der Waals surface area contributed by atoms with Gasteiger partial charge in [0.2, 0.25) is 17.6 Å². The van der Waals surface area contributed by atoms with Gasteiger partial charge in [0, 0.05) is 11.1 Å². The summed E-state index contributed by atoms with van der Waals surface area (Å²) in [5.74, 6) is 0.967. The number of benzene rings is 3. The molecule has 0 bridgehead atoms. The van der Waals surface area contributed by atoms with Gasteiger partial charge in [0.1, 0.15) is 6.54 Å². The van der Waals surface area contributed by atoms with Gasteiger partial charge < -0.3 is 9.42 Å². The summed E-state index contributed by atoms with van der Waals surface area (Å²) in [5.41, 5.74) is 3.76. The van der Waals surface area contributed by atoms with Gasteiger partial charge in [-0.15, -0.1) is 0 Å². The summed E-state index contributed by atoms with van der Waals surface area (Å²) < 4.78 is 5.45. The fourth-order valence-electron chi connectivity index (χ4n) is 3.57. The Hall–Kier alpha value is -3.73. The van der Waals surface area contributed by atoms with Crippen molar-refractivity contribution in [2.24, 2.45) is 0 Å². The van der Waals surface area contributed by atoms with E-state index in [4.69, 9.17) is 4.52 Å². The van der Waals surface area contributed by atoms with Crippen LogP contribution in [-0.4, -0.2) is 26.5 Å². The van der Waals surface area contributed by atoms with Crippen molar-refractivity contribution in [2.45, 2.75) is 39.3 Å². The zero-order valence-electron chi connectivity index (χ0n) is 18.7. The molecule has 0 aliphatic rings. The van der Waals surface area contributed by atoms with Gasteiger partial charge in [-0.2, -0.15) is 4.98 Å². The predicted octanol–water partition coefficient (Wildman–Crippen LogP) is 5.77. The lowest BCUT2D eigenvalue weighted by atomic mass is 10.0. The number of hydrogen-bond donors (Lipinski definition) is 0. The zero-order valence-corrected chi connectivity index (χ0v) is 18.7. The number of aromatic nitrogens is 2. The minimum atomic E-state index is -0.386. The molecule has 1 heterocycles. The molecule has 32 heavy (non-hydrogen) atoms. The first-order chi connectivity index (χ1) is 15.4. The summed E-state index contributed by atoms with van der Waals surface area (Å²) in [7, 11) is 0. The monoisotopic (exact) mass is 425 g/mol. The lowest BCUT2D eigenvalue weighted by Crippen LogP contribution is -2.45. The molecular weight excluding hydrogens is 398 g/mol. The van der Waals surface area contributed by atoms with Crippen molar-refractivity contribution in [1.82, 2.24) is 15.0 Å². The van der Waals surface area contributed by atoms with Gasteiger partial charge in [-0.1, -0.05) is 90.1 Å². The Kier molecular flexibility index (Phi) is 6.17. The number of nitrogens with zero attached hydrogens (tertiary/aromatic N) is 3. The molecule has 0 fully saturated rings. The first kappa shape index (κ1) is 21.5. The highest BCUT2D eigenvalue weighted by Crippen LogP contribution is 2.23. The van der Waals surface area contributed by atoms with Crippen molar-refractivity contribution in [3.8, 4) is 22.5 Å². The molecular formula is C27H27N3O2. The summed E-state index contributed by atoms with van der Waals surface area (Å²) in [6.45, 7) is 6.30. The summed E-state index contributed by atoms with van der Waals surface area (Å²) in [4.78, 5) is 19.5. The molecule has 0 atom stereocenters. The van der Waals surface area contributed by atoms with Crippen LogP contribution in [0.25, 0.3) is 22.5 Å². The third kappa shape index (κ3) is 5.11. The molecule has 4 aromatic rings. The molecule has 4 rings (SSSR count). The molecule has 0 spiro atoms. The lowest BCUT2D eigenvalue weighted by Gasteiger charge is -2.34. The van der Waals surface area contributed by atoms with Gasteiger partial charge in [-0.3, -0.25) is 4.79 Å². The Labute approximate surface area is 188 Å². The topological polar surface area (TPSA) is 59.2 Å². The van der Waals surface area contributed by atoms with E-state index in [2.05, 4.69) is 34.4 Å². The minimum absolute atomic E-state index is 0.0180. The fourth-order valence-corrected chi connectivity index (χ4v) is 3.57. The molecule has 0 unspecified atom stereocenters. The first-order valence-corrected chi connectivity index (χ1v) is 10.7. The van der Waals surface area contributed by atoms with Crippen molar-refractivity contribution < 1.29 is 9.32 Å². The predicted molar refractivity (Wildman–Crippen MR) is 126 cm³/mol. The van der Waals surface area contributed by atoms with Crippen LogP contribution in [0.1, 0.15) is 32.2 Å². The van der Waals surface area contributed by atoms with Crippen LogP contribution in [0, 0.1) is 0 Å². The van der Waals surface area contributed by atoms with E-state index < -0.39 is 0 Å². The fraction of sp³-hybridized carbons (Fsp3) is 0.222. The second-order valence-corrected chi connectivity index (χ2v) is 8.77. The van der Waals surface area contributed by atoms with Crippen LogP contribution in [0.2, 0.25) is 0 Å². The number of carbonyl (C=O) groups is 1. The standard InChI is InChI=1S/C27H27N3O2/c1-27(2,3)30(19-24-28-26(29-32-24)23-12-8-5-9-13-23)25(31)18-20-14-16-22(17-15-20)21-10-6-4-7-11-21/h4-17H,18-19H2,1-3H3. The third-order valence-electron chi connectivity index (χ3n) is 5.32. The highest BCUT2D eigenvalue weighted by molar-refractivity contribution is 5.79. The van der Waals surface area contributed by atoms with Crippen molar-refractivity contribution >= 4 is 5.91 Å². The van der Waals surface area contributed by atoms with Crippen LogP contribution in [0.15, 0.2) is 89.5 Å². The van der Waals surface area contributed by atoms with Gasteiger partial charge in [-0.05, 0) is 37.5 Å². The Balaban J connectivity index is 1.48. The Morgan fingerprint density at radius 3 is 1.97 bits per heavy atom. The second-order valence-electron chi connectivity index (χ2n) is 8.77. The summed E-state index contributed by atoms with van der Waals surface area (Å²) in [6.07, 6.45) is 0.312. The van der Waals surface area contributed by atoms with Crippen molar-refractivity contribution in [1.29, 1.82) is 0 Å². The van der Waals surface area contributed by atoms with E-state index in [0.717, 1.165) is 22.3 Å². The SMILES string of the molecule is CC(C)(C)N(Cc1nc(-c2ccccc2)no1)C(=O)Cc1ccc(-c2ccccc2)cc1. The molecule has 5 nitrogen and oxygen atoms in total. The van der Waals surface area contributed by atoms with Crippen LogP contribution in [-0.2, 0) is 17.8 Å². The number of rotatable bonds is 6. The Bertz CT molecular complexity index is 1160. The van der Waals surface area contributed by atoms with Crippen LogP contribution in [0.3, 0.4) is 0 Å². The van der Waals surface area contributed by atoms with Crippen LogP contribution >= 0.6 is 0 Å². The van der Waals surface area contributed by atoms with E-state index in [1.54, 1.807) is 4.90 Å². The van der Waals surface area contributed by atoms with Gasteiger partial charge >= 0.3 is 0 Å². The molecule has 0 saturated heterocycles. The minimum Gasteiger partial charge on any atom is -0.337 e. The third-order valence-corrected chi connectivity index (χ3v) is 5.32. The maximum Gasteiger partial charge on any atom is 0.246 e. The highest BCUT2D eigenvalue weighted by atomic mass is 16.5. The highest BCUT2D eigenvalue weighted by Gasteiger charge is 2.28. The maximum absolute atomic E-state index is 13.2.